The number of hydrogen-bond donors (Lipinski definition) is 0. The molecular formula is C13H14Cl2N2O. The van der Waals surface area contributed by atoms with Gasteiger partial charge in [0.1, 0.15) is 10.9 Å². The van der Waals surface area contributed by atoms with Crippen LogP contribution >= 0.6 is 23.2 Å². The van der Waals surface area contributed by atoms with Crippen molar-refractivity contribution in [3.05, 3.63) is 40.7 Å². The minimum absolute atomic E-state index is 0.367. The number of ether oxygens (including phenoxy) is 1. The molecule has 0 aliphatic rings. The monoisotopic (exact) mass is 284 g/mol. The van der Waals surface area contributed by atoms with Crippen LogP contribution in [0, 0.1) is 0 Å². The molecule has 0 fully saturated rings. The summed E-state index contributed by atoms with van der Waals surface area (Å²) in [4.78, 5) is 0. The zero-order chi connectivity index (χ0) is 13.1. The van der Waals surface area contributed by atoms with Crippen LogP contribution in [0.2, 0.25) is 5.15 Å². The Bertz CT molecular complexity index is 552. The zero-order valence-corrected chi connectivity index (χ0v) is 11.8. The molecule has 18 heavy (non-hydrogen) atoms. The summed E-state index contributed by atoms with van der Waals surface area (Å²) in [5.74, 6) is 1.14. The highest BCUT2D eigenvalue weighted by Gasteiger charge is 2.15. The number of benzene rings is 1. The number of alkyl halides is 1. The van der Waals surface area contributed by atoms with E-state index in [9.17, 15) is 0 Å². The highest BCUT2D eigenvalue weighted by atomic mass is 35.5. The second-order valence-electron chi connectivity index (χ2n) is 3.82. The lowest BCUT2D eigenvalue weighted by Crippen LogP contribution is -1.97. The third-order valence-electron chi connectivity index (χ3n) is 2.77. The summed E-state index contributed by atoms with van der Waals surface area (Å²) in [5.41, 5.74) is 2.69. The van der Waals surface area contributed by atoms with E-state index in [1.165, 1.54) is 0 Å². The molecule has 0 bridgehead atoms. The van der Waals surface area contributed by atoms with Gasteiger partial charge in [0, 0.05) is 11.6 Å². The van der Waals surface area contributed by atoms with E-state index >= 15 is 0 Å². The summed E-state index contributed by atoms with van der Waals surface area (Å²) in [7, 11) is 1.63. The number of halogens is 2. The van der Waals surface area contributed by atoms with Crippen molar-refractivity contribution in [1.82, 2.24) is 9.78 Å². The van der Waals surface area contributed by atoms with Crippen LogP contribution < -0.4 is 4.74 Å². The van der Waals surface area contributed by atoms with Crippen molar-refractivity contribution in [3.8, 4) is 11.4 Å². The zero-order valence-electron chi connectivity index (χ0n) is 10.3. The normalized spacial score (nSPS) is 10.7. The molecule has 0 unspecified atom stereocenters. The summed E-state index contributed by atoms with van der Waals surface area (Å²) >= 11 is 12.2. The molecule has 3 nitrogen and oxygen atoms in total. The lowest BCUT2D eigenvalue weighted by Gasteiger charge is -2.05. The second-order valence-corrected chi connectivity index (χ2v) is 4.44. The third kappa shape index (κ3) is 2.33. The maximum absolute atomic E-state index is 6.31. The number of aryl methyl sites for hydroxylation is 1. The fourth-order valence-electron chi connectivity index (χ4n) is 1.80. The van der Waals surface area contributed by atoms with Crippen LogP contribution in [0.15, 0.2) is 24.3 Å². The molecule has 96 valence electrons. The van der Waals surface area contributed by atoms with Gasteiger partial charge in [-0.05, 0) is 18.6 Å². The lowest BCUT2D eigenvalue weighted by molar-refractivity contribution is 0.414. The topological polar surface area (TPSA) is 27.1 Å². The first kappa shape index (κ1) is 13.2. The van der Waals surface area contributed by atoms with Gasteiger partial charge in [-0.15, -0.1) is 11.6 Å². The average molecular weight is 285 g/mol. The molecule has 0 radical (unpaired) electrons. The number of hydrogen-bond acceptors (Lipinski definition) is 2. The van der Waals surface area contributed by atoms with Crippen molar-refractivity contribution < 1.29 is 4.74 Å². The van der Waals surface area contributed by atoms with E-state index in [-0.39, 0.29) is 0 Å². The van der Waals surface area contributed by atoms with Gasteiger partial charge in [0.25, 0.3) is 0 Å². The molecule has 1 aromatic heterocycles. The van der Waals surface area contributed by atoms with Crippen molar-refractivity contribution in [2.24, 2.45) is 0 Å². The fraction of sp³-hybridized carbons (Fsp3) is 0.308. The quantitative estimate of drug-likeness (QED) is 0.798. The lowest BCUT2D eigenvalue weighted by atomic mass is 10.2. The van der Waals surface area contributed by atoms with Crippen molar-refractivity contribution >= 4 is 23.2 Å². The molecule has 0 aliphatic carbocycles. The van der Waals surface area contributed by atoms with Gasteiger partial charge in [0.2, 0.25) is 0 Å². The maximum atomic E-state index is 6.31. The Labute approximate surface area is 116 Å². The Morgan fingerprint density at radius 2 is 2.17 bits per heavy atom. The number of methoxy groups -OCH3 is 1. The fourth-order valence-corrected chi connectivity index (χ4v) is 2.46. The van der Waals surface area contributed by atoms with Gasteiger partial charge in [-0.3, -0.25) is 0 Å². The Kier molecular flexibility index (Phi) is 4.15. The van der Waals surface area contributed by atoms with Gasteiger partial charge in [-0.25, -0.2) is 4.68 Å². The number of aromatic nitrogens is 2. The molecule has 2 rings (SSSR count). The van der Waals surface area contributed by atoms with E-state index in [2.05, 4.69) is 5.10 Å². The van der Waals surface area contributed by atoms with Gasteiger partial charge in [0.05, 0.1) is 24.4 Å². The molecule has 2 aromatic rings. The van der Waals surface area contributed by atoms with E-state index < -0.39 is 0 Å². The van der Waals surface area contributed by atoms with Crippen LogP contribution in [0.25, 0.3) is 5.69 Å². The molecule has 1 heterocycles. The van der Waals surface area contributed by atoms with Crippen LogP contribution in [0.3, 0.4) is 0 Å². The minimum Gasteiger partial charge on any atom is -0.497 e. The van der Waals surface area contributed by atoms with Crippen molar-refractivity contribution in [1.29, 1.82) is 0 Å². The van der Waals surface area contributed by atoms with Crippen LogP contribution in [-0.4, -0.2) is 16.9 Å². The highest BCUT2D eigenvalue weighted by molar-refractivity contribution is 6.31. The molecule has 5 heteroatoms. The van der Waals surface area contributed by atoms with Crippen LogP contribution in [0.5, 0.6) is 5.75 Å². The molecule has 0 saturated heterocycles. The first-order chi connectivity index (χ1) is 8.71. The Hall–Kier alpha value is -1.19. The predicted octanol–water partition coefficient (Wildman–Crippen LogP) is 3.84. The van der Waals surface area contributed by atoms with Gasteiger partial charge in [-0.2, -0.15) is 5.10 Å². The summed E-state index contributed by atoms with van der Waals surface area (Å²) in [5, 5.41) is 5.05. The molecule has 0 atom stereocenters. The Balaban J connectivity index is 2.53. The summed E-state index contributed by atoms with van der Waals surface area (Å²) in [6.45, 7) is 2.03. The largest absolute Gasteiger partial charge is 0.497 e. The summed E-state index contributed by atoms with van der Waals surface area (Å²) < 4.78 is 6.89. The van der Waals surface area contributed by atoms with E-state index in [0.717, 1.165) is 29.1 Å². The number of nitrogens with zero attached hydrogens (tertiary/aromatic N) is 2. The van der Waals surface area contributed by atoms with Crippen molar-refractivity contribution in [3.63, 3.8) is 0 Å². The Morgan fingerprint density at radius 3 is 2.72 bits per heavy atom. The van der Waals surface area contributed by atoms with E-state index in [0.29, 0.717) is 11.0 Å². The van der Waals surface area contributed by atoms with E-state index in [1.807, 2.05) is 31.2 Å². The first-order valence-electron chi connectivity index (χ1n) is 5.68. The standard InChI is InChI=1S/C13H14Cl2N2O/c1-3-12-11(8-14)13(15)17(16-12)9-5-4-6-10(7-9)18-2/h4-7H,3,8H2,1-2H3. The number of rotatable bonds is 4. The van der Waals surface area contributed by atoms with Crippen LogP contribution in [0.1, 0.15) is 18.2 Å². The first-order valence-corrected chi connectivity index (χ1v) is 6.59. The van der Waals surface area contributed by atoms with Gasteiger partial charge >= 0.3 is 0 Å². The summed E-state index contributed by atoms with van der Waals surface area (Å²) in [6.07, 6.45) is 0.804. The average Bonchev–Trinajstić information content (AvgIpc) is 2.75. The minimum atomic E-state index is 0.367. The molecular weight excluding hydrogens is 271 g/mol. The molecule has 0 saturated carbocycles. The molecule has 1 aromatic carbocycles. The Morgan fingerprint density at radius 1 is 1.39 bits per heavy atom. The molecule has 0 aliphatic heterocycles. The third-order valence-corrected chi connectivity index (χ3v) is 3.43. The van der Waals surface area contributed by atoms with Gasteiger partial charge in [0.15, 0.2) is 0 Å². The van der Waals surface area contributed by atoms with Gasteiger partial charge in [-0.1, -0.05) is 24.6 Å². The molecule has 0 spiro atoms. The van der Waals surface area contributed by atoms with Crippen LogP contribution in [-0.2, 0) is 12.3 Å². The summed E-state index contributed by atoms with van der Waals surface area (Å²) in [6, 6.07) is 7.59. The second kappa shape index (κ2) is 5.63. The van der Waals surface area contributed by atoms with E-state index in [4.69, 9.17) is 27.9 Å². The van der Waals surface area contributed by atoms with Crippen molar-refractivity contribution in [2.45, 2.75) is 19.2 Å². The molecule has 0 N–H and O–H groups in total. The van der Waals surface area contributed by atoms with Crippen molar-refractivity contribution in [2.75, 3.05) is 7.11 Å². The molecule has 0 amide bonds. The SMILES string of the molecule is CCc1nn(-c2cccc(OC)c2)c(Cl)c1CCl. The predicted molar refractivity (Wildman–Crippen MR) is 74.1 cm³/mol. The maximum Gasteiger partial charge on any atom is 0.137 e. The smallest absolute Gasteiger partial charge is 0.137 e. The van der Waals surface area contributed by atoms with Gasteiger partial charge < -0.3 is 4.74 Å². The highest BCUT2D eigenvalue weighted by Crippen LogP contribution is 2.27. The van der Waals surface area contributed by atoms with Crippen LogP contribution in [0.4, 0.5) is 0 Å². The van der Waals surface area contributed by atoms with E-state index in [1.54, 1.807) is 11.8 Å².